The maximum absolute atomic E-state index is 11.9. The molecule has 0 bridgehead atoms. The summed E-state index contributed by atoms with van der Waals surface area (Å²) in [6, 6.07) is 5.88. The van der Waals surface area contributed by atoms with E-state index < -0.39 is 13.0 Å². The average molecular weight is 278 g/mol. The Bertz CT molecular complexity index is 374. The molecule has 0 radical (unpaired) electrons. The normalized spacial score (nSPS) is 13.0. The maximum atomic E-state index is 11.9. The molecule has 18 heavy (non-hydrogen) atoms. The van der Waals surface area contributed by atoms with E-state index in [9.17, 15) is 8.78 Å². The summed E-state index contributed by atoms with van der Waals surface area (Å²) in [5.41, 5.74) is 2.05. The average Bonchev–Trinajstić information content (AvgIpc) is 2.33. The predicted molar refractivity (Wildman–Crippen MR) is 69.4 cm³/mol. The Kier molecular flexibility index (Phi) is 6.54. The van der Waals surface area contributed by atoms with E-state index in [1.54, 1.807) is 0 Å². The third-order valence-electron chi connectivity index (χ3n) is 2.74. The summed E-state index contributed by atoms with van der Waals surface area (Å²) in [5.74, 6) is 0. The number of nitrogens with one attached hydrogen (secondary N) is 1. The molecule has 0 fully saturated rings. The molecule has 5 heteroatoms. The molecule has 0 aliphatic rings. The third-order valence-corrected chi connectivity index (χ3v) is 3.15. The van der Waals surface area contributed by atoms with Crippen LogP contribution in [0.3, 0.4) is 0 Å². The number of alkyl halides is 2. The predicted octanol–water partition coefficient (Wildman–Crippen LogP) is 3.58. The van der Waals surface area contributed by atoms with Crippen molar-refractivity contribution in [3.05, 3.63) is 34.3 Å². The van der Waals surface area contributed by atoms with Crippen LogP contribution in [0.5, 0.6) is 0 Å². The smallest absolute Gasteiger partial charge is 0.261 e. The number of hydrogen-bond acceptors (Lipinski definition) is 2. The Morgan fingerprint density at radius 1 is 1.39 bits per heavy atom. The zero-order valence-electron chi connectivity index (χ0n) is 10.6. The molecule has 0 amide bonds. The molecule has 1 aromatic carbocycles. The Balaban J connectivity index is 2.52. The van der Waals surface area contributed by atoms with Gasteiger partial charge in [0.15, 0.2) is 0 Å². The minimum absolute atomic E-state index is 0.0563. The lowest BCUT2D eigenvalue weighted by Gasteiger charge is -2.17. The molecule has 0 saturated carbocycles. The van der Waals surface area contributed by atoms with Gasteiger partial charge >= 0.3 is 0 Å². The fourth-order valence-corrected chi connectivity index (χ4v) is 1.87. The molecule has 0 aliphatic heterocycles. The largest absolute Gasteiger partial charge is 0.375 e. The van der Waals surface area contributed by atoms with Crippen LogP contribution >= 0.6 is 11.6 Å². The molecule has 0 spiro atoms. The van der Waals surface area contributed by atoms with Crippen molar-refractivity contribution in [2.45, 2.75) is 25.8 Å². The summed E-state index contributed by atoms with van der Waals surface area (Å²) < 4.78 is 28.7. The summed E-state index contributed by atoms with van der Waals surface area (Å²) in [7, 11) is 1.82. The number of rotatable bonds is 7. The van der Waals surface area contributed by atoms with Crippen LogP contribution in [0.2, 0.25) is 5.02 Å². The van der Waals surface area contributed by atoms with E-state index in [2.05, 4.69) is 5.32 Å². The van der Waals surface area contributed by atoms with Gasteiger partial charge < -0.3 is 10.1 Å². The summed E-state index contributed by atoms with van der Waals surface area (Å²) in [6.07, 6.45) is -1.78. The van der Waals surface area contributed by atoms with Gasteiger partial charge in [0.25, 0.3) is 6.43 Å². The highest BCUT2D eigenvalue weighted by Crippen LogP contribution is 2.23. The third kappa shape index (κ3) is 4.88. The lowest BCUT2D eigenvalue weighted by atomic mass is 10.0. The van der Waals surface area contributed by atoms with E-state index in [-0.39, 0.29) is 6.04 Å². The monoisotopic (exact) mass is 277 g/mol. The van der Waals surface area contributed by atoms with Gasteiger partial charge in [0.1, 0.15) is 6.61 Å². The number of benzene rings is 1. The lowest BCUT2D eigenvalue weighted by Crippen LogP contribution is -2.19. The molecular formula is C13H18ClF2NO. The minimum atomic E-state index is -2.41. The number of hydrogen-bond donors (Lipinski definition) is 1. The van der Waals surface area contributed by atoms with Crippen molar-refractivity contribution >= 4 is 11.6 Å². The number of halogens is 3. The highest BCUT2D eigenvalue weighted by atomic mass is 35.5. The molecule has 2 nitrogen and oxygen atoms in total. The Morgan fingerprint density at radius 2 is 2.11 bits per heavy atom. The van der Waals surface area contributed by atoms with Crippen LogP contribution in [0, 0.1) is 6.92 Å². The first-order valence-corrected chi connectivity index (χ1v) is 6.21. The summed E-state index contributed by atoms with van der Waals surface area (Å²) in [4.78, 5) is 0. The van der Waals surface area contributed by atoms with Gasteiger partial charge in [-0.05, 0) is 37.6 Å². The van der Waals surface area contributed by atoms with Gasteiger partial charge in [-0.2, -0.15) is 0 Å². The Morgan fingerprint density at radius 3 is 2.67 bits per heavy atom. The summed E-state index contributed by atoms with van der Waals surface area (Å²) >= 11 is 6.06. The molecule has 0 saturated heterocycles. The van der Waals surface area contributed by atoms with Gasteiger partial charge in [-0.15, -0.1) is 0 Å². The molecule has 1 rings (SSSR count). The molecule has 0 aromatic heterocycles. The van der Waals surface area contributed by atoms with Crippen molar-refractivity contribution < 1.29 is 13.5 Å². The zero-order chi connectivity index (χ0) is 13.5. The number of ether oxygens (including phenoxy) is 1. The first-order chi connectivity index (χ1) is 8.54. The second-order valence-corrected chi connectivity index (χ2v) is 4.51. The zero-order valence-corrected chi connectivity index (χ0v) is 11.3. The highest BCUT2D eigenvalue weighted by molar-refractivity contribution is 6.31. The van der Waals surface area contributed by atoms with E-state index in [0.717, 1.165) is 11.1 Å². The van der Waals surface area contributed by atoms with Crippen LogP contribution in [0.4, 0.5) is 8.78 Å². The van der Waals surface area contributed by atoms with E-state index in [1.807, 2.05) is 32.2 Å². The number of aryl methyl sites for hydroxylation is 1. The first kappa shape index (κ1) is 15.3. The van der Waals surface area contributed by atoms with Gasteiger partial charge in [0, 0.05) is 17.7 Å². The van der Waals surface area contributed by atoms with Gasteiger partial charge in [-0.25, -0.2) is 8.78 Å². The second kappa shape index (κ2) is 7.67. The van der Waals surface area contributed by atoms with Gasteiger partial charge in [-0.1, -0.05) is 23.7 Å². The van der Waals surface area contributed by atoms with E-state index >= 15 is 0 Å². The molecule has 1 atom stereocenters. The van der Waals surface area contributed by atoms with Crippen LogP contribution < -0.4 is 5.32 Å². The topological polar surface area (TPSA) is 21.3 Å². The van der Waals surface area contributed by atoms with Gasteiger partial charge in [0.2, 0.25) is 0 Å². The SMILES string of the molecule is CNC(CCOCC(F)F)c1ccc(C)c(Cl)c1. The molecule has 0 aliphatic carbocycles. The van der Waals surface area contributed by atoms with Crippen molar-refractivity contribution in [2.24, 2.45) is 0 Å². The van der Waals surface area contributed by atoms with Crippen molar-refractivity contribution in [3.8, 4) is 0 Å². The van der Waals surface area contributed by atoms with Crippen molar-refractivity contribution in [2.75, 3.05) is 20.3 Å². The van der Waals surface area contributed by atoms with Crippen LogP contribution in [-0.2, 0) is 4.74 Å². The Labute approximate surface area is 111 Å². The lowest BCUT2D eigenvalue weighted by molar-refractivity contribution is 0.0145. The maximum Gasteiger partial charge on any atom is 0.261 e. The summed E-state index contributed by atoms with van der Waals surface area (Å²) in [5, 5.41) is 3.84. The van der Waals surface area contributed by atoms with E-state index in [4.69, 9.17) is 16.3 Å². The molecular weight excluding hydrogens is 260 g/mol. The molecule has 0 heterocycles. The standard InChI is InChI=1S/C13H18ClF2NO/c1-9-3-4-10(7-11(9)14)12(17-2)5-6-18-8-13(15)16/h3-4,7,12-13,17H,5-6,8H2,1-2H3. The van der Waals surface area contributed by atoms with E-state index in [1.165, 1.54) is 0 Å². The highest BCUT2D eigenvalue weighted by Gasteiger charge is 2.11. The molecule has 1 N–H and O–H groups in total. The van der Waals surface area contributed by atoms with Gasteiger partial charge in [-0.3, -0.25) is 0 Å². The van der Waals surface area contributed by atoms with Gasteiger partial charge in [0.05, 0.1) is 0 Å². The molecule has 1 aromatic rings. The van der Waals surface area contributed by atoms with Crippen LogP contribution in [-0.4, -0.2) is 26.7 Å². The Hall–Kier alpha value is -0.710. The quantitative estimate of drug-likeness (QED) is 0.769. The van der Waals surface area contributed by atoms with Crippen LogP contribution in [0.25, 0.3) is 0 Å². The first-order valence-electron chi connectivity index (χ1n) is 5.83. The second-order valence-electron chi connectivity index (χ2n) is 4.10. The van der Waals surface area contributed by atoms with Crippen molar-refractivity contribution in [1.29, 1.82) is 0 Å². The van der Waals surface area contributed by atoms with Crippen LogP contribution in [0.1, 0.15) is 23.6 Å². The molecule has 1 unspecified atom stereocenters. The fraction of sp³-hybridized carbons (Fsp3) is 0.538. The van der Waals surface area contributed by atoms with E-state index in [0.29, 0.717) is 18.1 Å². The van der Waals surface area contributed by atoms with Crippen molar-refractivity contribution in [1.82, 2.24) is 5.32 Å². The van der Waals surface area contributed by atoms with Crippen molar-refractivity contribution in [3.63, 3.8) is 0 Å². The van der Waals surface area contributed by atoms with Crippen LogP contribution in [0.15, 0.2) is 18.2 Å². The fourth-order valence-electron chi connectivity index (χ4n) is 1.68. The summed E-state index contributed by atoms with van der Waals surface area (Å²) in [6.45, 7) is 1.72. The molecule has 102 valence electrons. The minimum Gasteiger partial charge on any atom is -0.375 e.